The van der Waals surface area contributed by atoms with Crippen molar-refractivity contribution in [1.82, 2.24) is 19.8 Å². The minimum absolute atomic E-state index is 0.0467. The topological polar surface area (TPSA) is 68.1 Å². The third kappa shape index (κ3) is 4.52. The number of hydroxylamine groups is 1. The number of likely N-dealkylation sites (tertiary alicyclic amines) is 1. The van der Waals surface area contributed by atoms with Gasteiger partial charge in [0.1, 0.15) is 22.7 Å². The fourth-order valence-electron chi connectivity index (χ4n) is 3.49. The van der Waals surface area contributed by atoms with Crippen LogP contribution in [0.15, 0.2) is 48.8 Å². The maximum atomic E-state index is 12.1. The molecule has 1 aromatic carbocycles. The zero-order valence-electron chi connectivity index (χ0n) is 17.0. The van der Waals surface area contributed by atoms with E-state index in [9.17, 15) is 4.79 Å². The molecule has 30 heavy (non-hydrogen) atoms. The summed E-state index contributed by atoms with van der Waals surface area (Å²) in [4.78, 5) is 23.2. The summed E-state index contributed by atoms with van der Waals surface area (Å²) in [5.41, 5.74) is 5.26. The van der Waals surface area contributed by atoms with Gasteiger partial charge in [-0.2, -0.15) is 0 Å². The SMILES string of the molecule is CC(C)ONC(=O)N1CCC(Oc2ccc(-c3ccc4nccn4c3Cl)cc2)CC1. The van der Waals surface area contributed by atoms with E-state index in [2.05, 4.69) is 10.5 Å². The minimum atomic E-state index is -0.196. The second kappa shape index (κ2) is 8.93. The van der Waals surface area contributed by atoms with Gasteiger partial charge >= 0.3 is 6.03 Å². The van der Waals surface area contributed by atoms with E-state index in [1.165, 1.54) is 0 Å². The number of rotatable bonds is 5. The summed E-state index contributed by atoms with van der Waals surface area (Å²) in [6, 6.07) is 11.7. The van der Waals surface area contributed by atoms with E-state index >= 15 is 0 Å². The highest BCUT2D eigenvalue weighted by Gasteiger charge is 2.24. The molecule has 0 bridgehead atoms. The van der Waals surface area contributed by atoms with Gasteiger partial charge in [-0.3, -0.25) is 9.24 Å². The first kappa shape index (κ1) is 20.5. The largest absolute Gasteiger partial charge is 0.490 e. The first-order chi connectivity index (χ1) is 14.5. The summed E-state index contributed by atoms with van der Waals surface area (Å²) in [5.74, 6) is 0.810. The molecule has 2 amide bonds. The van der Waals surface area contributed by atoms with Crippen molar-refractivity contribution in [2.24, 2.45) is 0 Å². The van der Waals surface area contributed by atoms with Crippen LogP contribution in [0.3, 0.4) is 0 Å². The van der Waals surface area contributed by atoms with Gasteiger partial charge in [0.25, 0.3) is 0 Å². The van der Waals surface area contributed by atoms with Crippen LogP contribution in [-0.2, 0) is 4.84 Å². The van der Waals surface area contributed by atoms with Crippen LogP contribution in [0.2, 0.25) is 5.15 Å². The number of carbonyl (C=O) groups excluding carboxylic acids is 1. The minimum Gasteiger partial charge on any atom is -0.490 e. The third-order valence-corrected chi connectivity index (χ3v) is 5.47. The highest BCUT2D eigenvalue weighted by molar-refractivity contribution is 6.32. The van der Waals surface area contributed by atoms with Crippen LogP contribution in [0.1, 0.15) is 26.7 Å². The van der Waals surface area contributed by atoms with E-state index in [1.807, 2.05) is 60.8 Å². The summed E-state index contributed by atoms with van der Waals surface area (Å²) in [6.07, 6.45) is 5.17. The molecule has 0 spiro atoms. The highest BCUT2D eigenvalue weighted by atomic mass is 35.5. The van der Waals surface area contributed by atoms with Crippen molar-refractivity contribution < 1.29 is 14.4 Å². The lowest BCUT2D eigenvalue weighted by atomic mass is 10.1. The first-order valence-corrected chi connectivity index (χ1v) is 10.5. The van der Waals surface area contributed by atoms with Crippen LogP contribution in [0, 0.1) is 0 Å². The van der Waals surface area contributed by atoms with Crippen LogP contribution in [-0.4, -0.2) is 45.6 Å². The number of amides is 2. The molecule has 2 aromatic heterocycles. The number of halogens is 1. The molecule has 158 valence electrons. The van der Waals surface area contributed by atoms with Crippen LogP contribution in [0.4, 0.5) is 4.79 Å². The zero-order valence-corrected chi connectivity index (χ0v) is 17.8. The number of pyridine rings is 1. The second-order valence-corrected chi connectivity index (χ2v) is 7.95. The monoisotopic (exact) mass is 428 g/mol. The summed E-state index contributed by atoms with van der Waals surface area (Å²) in [6.45, 7) is 5.01. The van der Waals surface area contributed by atoms with Gasteiger partial charge in [0.2, 0.25) is 0 Å². The van der Waals surface area contributed by atoms with E-state index in [0.717, 1.165) is 35.4 Å². The Balaban J connectivity index is 1.34. The maximum Gasteiger partial charge on any atom is 0.341 e. The predicted molar refractivity (Wildman–Crippen MR) is 116 cm³/mol. The zero-order chi connectivity index (χ0) is 21.1. The Morgan fingerprint density at radius 2 is 1.90 bits per heavy atom. The number of ether oxygens (including phenoxy) is 1. The average molecular weight is 429 g/mol. The Kier molecular flexibility index (Phi) is 6.11. The van der Waals surface area contributed by atoms with E-state index < -0.39 is 0 Å². The van der Waals surface area contributed by atoms with Gasteiger partial charge < -0.3 is 9.64 Å². The fourth-order valence-corrected chi connectivity index (χ4v) is 3.81. The van der Waals surface area contributed by atoms with Crippen molar-refractivity contribution >= 4 is 23.3 Å². The van der Waals surface area contributed by atoms with Gasteiger partial charge in [-0.1, -0.05) is 23.7 Å². The standard InChI is InChI=1S/C22H25ClN4O3/c1-15(2)30-25-22(28)26-12-9-18(10-13-26)29-17-5-3-16(4-6-17)19-7-8-20-24-11-14-27(20)21(19)23/h3-8,11,14-15,18H,9-10,12-13H2,1-2H3,(H,25,28). The Morgan fingerprint density at radius 1 is 1.17 bits per heavy atom. The molecule has 1 fully saturated rings. The normalized spacial score (nSPS) is 15.0. The summed E-state index contributed by atoms with van der Waals surface area (Å²) < 4.78 is 7.98. The van der Waals surface area contributed by atoms with Gasteiger partial charge in [-0.25, -0.2) is 15.3 Å². The molecule has 1 N–H and O–H groups in total. The molecule has 0 radical (unpaired) electrons. The van der Waals surface area contributed by atoms with Gasteiger partial charge in [0.05, 0.1) is 6.10 Å². The van der Waals surface area contributed by atoms with E-state index in [0.29, 0.717) is 18.2 Å². The van der Waals surface area contributed by atoms with Crippen molar-refractivity contribution in [2.75, 3.05) is 13.1 Å². The molecule has 8 heteroatoms. The second-order valence-electron chi connectivity index (χ2n) is 7.60. The molecule has 3 aromatic rings. The summed E-state index contributed by atoms with van der Waals surface area (Å²) >= 11 is 6.54. The Hall–Kier alpha value is -2.77. The lowest BCUT2D eigenvalue weighted by Crippen LogP contribution is -2.46. The number of piperidine rings is 1. The predicted octanol–water partition coefficient (Wildman–Crippen LogP) is 4.55. The number of nitrogens with zero attached hydrogens (tertiary/aromatic N) is 3. The number of hydrogen-bond acceptors (Lipinski definition) is 4. The van der Waals surface area contributed by atoms with Crippen LogP contribution < -0.4 is 10.2 Å². The third-order valence-electron chi connectivity index (χ3n) is 5.08. The van der Waals surface area contributed by atoms with E-state index in [1.54, 1.807) is 11.1 Å². The van der Waals surface area contributed by atoms with Crippen LogP contribution >= 0.6 is 11.6 Å². The lowest BCUT2D eigenvalue weighted by molar-refractivity contribution is 0.00228. The number of fused-ring (bicyclic) bond motifs is 1. The molecule has 1 aliphatic rings. The molecular weight excluding hydrogens is 404 g/mol. The van der Waals surface area contributed by atoms with Crippen molar-refractivity contribution in [3.05, 3.63) is 53.9 Å². The molecule has 0 saturated carbocycles. The van der Waals surface area contributed by atoms with E-state index in [-0.39, 0.29) is 18.2 Å². The van der Waals surface area contributed by atoms with Gasteiger partial charge in [-0.15, -0.1) is 0 Å². The van der Waals surface area contributed by atoms with Gasteiger partial charge in [-0.05, 0) is 43.7 Å². The Morgan fingerprint density at radius 3 is 2.60 bits per heavy atom. The summed E-state index contributed by atoms with van der Waals surface area (Å²) in [7, 11) is 0. The van der Waals surface area contributed by atoms with Crippen molar-refractivity contribution in [1.29, 1.82) is 0 Å². The van der Waals surface area contributed by atoms with Gasteiger partial charge in [0.15, 0.2) is 0 Å². The average Bonchev–Trinajstić information content (AvgIpc) is 3.23. The molecule has 3 heterocycles. The molecular formula is C22H25ClN4O3. The Labute approximate surface area is 180 Å². The number of nitrogens with one attached hydrogen (secondary N) is 1. The highest BCUT2D eigenvalue weighted by Crippen LogP contribution is 2.30. The molecule has 1 saturated heterocycles. The van der Waals surface area contributed by atoms with Crippen LogP contribution in [0.5, 0.6) is 5.75 Å². The number of benzene rings is 1. The quantitative estimate of drug-likeness (QED) is 0.478. The number of hydrogen-bond donors (Lipinski definition) is 1. The molecule has 0 atom stereocenters. The molecule has 7 nitrogen and oxygen atoms in total. The number of carbonyl (C=O) groups is 1. The van der Waals surface area contributed by atoms with Crippen molar-refractivity contribution in [3.63, 3.8) is 0 Å². The van der Waals surface area contributed by atoms with Gasteiger partial charge in [0, 0.05) is 43.9 Å². The summed E-state index contributed by atoms with van der Waals surface area (Å²) in [5, 5.41) is 0.630. The van der Waals surface area contributed by atoms with Crippen molar-refractivity contribution in [3.8, 4) is 16.9 Å². The van der Waals surface area contributed by atoms with Crippen LogP contribution in [0.25, 0.3) is 16.8 Å². The number of urea groups is 1. The maximum absolute atomic E-state index is 12.1. The number of imidazole rings is 1. The fraction of sp³-hybridized carbons (Fsp3) is 0.364. The Bertz CT molecular complexity index is 1010. The molecule has 1 aliphatic heterocycles. The molecule has 0 unspecified atom stereocenters. The lowest BCUT2D eigenvalue weighted by Gasteiger charge is -2.32. The molecule has 4 rings (SSSR count). The molecule has 0 aliphatic carbocycles. The first-order valence-electron chi connectivity index (χ1n) is 10.1. The van der Waals surface area contributed by atoms with E-state index in [4.69, 9.17) is 21.2 Å². The smallest absolute Gasteiger partial charge is 0.341 e. The van der Waals surface area contributed by atoms with Crippen molar-refractivity contribution in [2.45, 2.75) is 38.9 Å². The number of aromatic nitrogens is 2.